The van der Waals surface area contributed by atoms with Gasteiger partial charge in [-0.3, -0.25) is 4.40 Å². The zero-order valence-electron chi connectivity index (χ0n) is 9.10. The van der Waals surface area contributed by atoms with Gasteiger partial charge in [-0.05, 0) is 32.1 Å². The van der Waals surface area contributed by atoms with E-state index in [-0.39, 0.29) is 5.82 Å². The average Bonchev–Trinajstić information content (AvgIpc) is 2.83. The van der Waals surface area contributed by atoms with E-state index in [9.17, 15) is 4.39 Å². The number of halogens is 1. The van der Waals surface area contributed by atoms with Gasteiger partial charge in [-0.15, -0.1) is 10.2 Å². The fourth-order valence-corrected chi connectivity index (χ4v) is 2.31. The monoisotopic (exact) mass is 220 g/mol. The average molecular weight is 220 g/mol. The molecular weight excluding hydrogens is 207 g/mol. The highest BCUT2D eigenvalue weighted by Crippen LogP contribution is 2.25. The van der Waals surface area contributed by atoms with E-state index in [4.69, 9.17) is 0 Å². The first-order chi connectivity index (χ1) is 7.74. The number of nitrogens with zero attached hydrogens (tertiary/aromatic N) is 4. The summed E-state index contributed by atoms with van der Waals surface area (Å²) in [4.78, 5) is 2.25. The summed E-state index contributed by atoms with van der Waals surface area (Å²) < 4.78 is 14.9. The summed E-state index contributed by atoms with van der Waals surface area (Å²) >= 11 is 0. The number of likely N-dealkylation sites (tertiary alicyclic amines) is 1. The molecule has 1 aliphatic heterocycles. The molecule has 0 spiro atoms. The number of hydrogen-bond donors (Lipinski definition) is 0. The molecular formula is C11H13FN4. The second-order valence-corrected chi connectivity index (χ2v) is 4.38. The van der Waals surface area contributed by atoms with Crippen LogP contribution in [0.25, 0.3) is 5.65 Å². The van der Waals surface area contributed by atoms with Crippen molar-refractivity contribution in [3.63, 3.8) is 0 Å². The Morgan fingerprint density at radius 1 is 1.38 bits per heavy atom. The maximum absolute atomic E-state index is 13.2. The normalized spacial score (nSPS) is 22.0. The fraction of sp³-hybridized carbons (Fsp3) is 0.455. The molecule has 0 aromatic carbocycles. The van der Waals surface area contributed by atoms with Crippen LogP contribution in [0.15, 0.2) is 18.3 Å². The Labute approximate surface area is 92.7 Å². The van der Waals surface area contributed by atoms with Crippen molar-refractivity contribution in [1.29, 1.82) is 0 Å². The Morgan fingerprint density at radius 3 is 3.00 bits per heavy atom. The molecule has 4 nitrogen and oxygen atoms in total. The Balaban J connectivity index is 2.06. The fourth-order valence-electron chi connectivity index (χ4n) is 2.31. The molecule has 16 heavy (non-hydrogen) atoms. The molecule has 1 unspecified atom stereocenters. The summed E-state index contributed by atoms with van der Waals surface area (Å²) in [7, 11) is 2.09. The maximum atomic E-state index is 13.2. The third kappa shape index (κ3) is 1.48. The van der Waals surface area contributed by atoms with Gasteiger partial charge in [0.2, 0.25) is 0 Å². The third-order valence-corrected chi connectivity index (χ3v) is 3.15. The van der Waals surface area contributed by atoms with Gasteiger partial charge in [0.25, 0.3) is 0 Å². The van der Waals surface area contributed by atoms with Crippen molar-refractivity contribution < 1.29 is 4.39 Å². The van der Waals surface area contributed by atoms with Gasteiger partial charge in [-0.25, -0.2) is 4.39 Å². The summed E-state index contributed by atoms with van der Waals surface area (Å²) in [5.41, 5.74) is 0.714. The third-order valence-electron chi connectivity index (χ3n) is 3.15. The summed E-state index contributed by atoms with van der Waals surface area (Å²) in [6.45, 7) is 2.03. The van der Waals surface area contributed by atoms with E-state index in [0.29, 0.717) is 11.6 Å². The first-order valence-electron chi connectivity index (χ1n) is 5.43. The van der Waals surface area contributed by atoms with Crippen molar-refractivity contribution in [3.8, 4) is 0 Å². The number of fused-ring (bicyclic) bond motifs is 1. The molecule has 0 saturated carbocycles. The smallest absolute Gasteiger partial charge is 0.160 e. The van der Waals surface area contributed by atoms with Crippen LogP contribution in [0.3, 0.4) is 0 Å². The van der Waals surface area contributed by atoms with Gasteiger partial charge in [0.1, 0.15) is 11.6 Å². The highest BCUT2D eigenvalue weighted by molar-refractivity contribution is 5.38. The second kappa shape index (κ2) is 3.52. The molecule has 1 fully saturated rings. The zero-order valence-corrected chi connectivity index (χ0v) is 9.10. The summed E-state index contributed by atoms with van der Waals surface area (Å²) in [5, 5.41) is 8.23. The molecule has 3 rings (SSSR count). The first kappa shape index (κ1) is 9.72. The predicted octanol–water partition coefficient (Wildman–Crippen LogP) is 1.29. The molecule has 2 aromatic heterocycles. The van der Waals surface area contributed by atoms with Gasteiger partial charge < -0.3 is 4.90 Å². The van der Waals surface area contributed by atoms with Gasteiger partial charge in [0.05, 0.1) is 0 Å². The van der Waals surface area contributed by atoms with E-state index < -0.39 is 0 Å². The van der Waals surface area contributed by atoms with Crippen LogP contribution >= 0.6 is 0 Å². The van der Waals surface area contributed by atoms with E-state index >= 15 is 0 Å². The highest BCUT2D eigenvalue weighted by atomic mass is 19.1. The lowest BCUT2D eigenvalue weighted by Gasteiger charge is -2.08. The van der Waals surface area contributed by atoms with Crippen molar-refractivity contribution in [2.24, 2.45) is 0 Å². The zero-order chi connectivity index (χ0) is 11.1. The van der Waals surface area contributed by atoms with Crippen molar-refractivity contribution >= 4 is 5.65 Å². The Hall–Kier alpha value is -1.49. The molecule has 5 heteroatoms. The van der Waals surface area contributed by atoms with Crippen molar-refractivity contribution in [1.82, 2.24) is 19.5 Å². The quantitative estimate of drug-likeness (QED) is 0.726. The van der Waals surface area contributed by atoms with E-state index in [1.165, 1.54) is 12.3 Å². The maximum Gasteiger partial charge on any atom is 0.160 e. The van der Waals surface area contributed by atoms with Crippen LogP contribution in [0.5, 0.6) is 0 Å². The number of hydrogen-bond acceptors (Lipinski definition) is 3. The Kier molecular flexibility index (Phi) is 2.14. The molecule has 84 valence electrons. The number of likely N-dealkylation sites (N-methyl/N-ethyl adjacent to an activating group) is 1. The van der Waals surface area contributed by atoms with E-state index in [2.05, 4.69) is 22.1 Å². The first-order valence-corrected chi connectivity index (χ1v) is 5.43. The molecule has 0 radical (unpaired) electrons. The molecule has 3 heterocycles. The van der Waals surface area contributed by atoms with Crippen LogP contribution in [0.4, 0.5) is 4.39 Å². The topological polar surface area (TPSA) is 33.4 Å². The van der Waals surface area contributed by atoms with E-state index in [0.717, 1.165) is 25.3 Å². The molecule has 1 aliphatic rings. The van der Waals surface area contributed by atoms with Gasteiger partial charge in [0, 0.05) is 18.7 Å². The minimum Gasteiger partial charge on any atom is -0.306 e. The minimum absolute atomic E-state index is 0.250. The van der Waals surface area contributed by atoms with Gasteiger partial charge in [-0.1, -0.05) is 0 Å². The number of aromatic nitrogens is 3. The highest BCUT2D eigenvalue weighted by Gasteiger charge is 2.25. The van der Waals surface area contributed by atoms with Gasteiger partial charge in [0.15, 0.2) is 5.65 Å². The summed E-state index contributed by atoms with van der Waals surface area (Å²) in [5.74, 6) is 0.987. The summed E-state index contributed by atoms with van der Waals surface area (Å²) in [6, 6.07) is 3.07. The van der Waals surface area contributed by atoms with E-state index in [1.807, 2.05) is 0 Å². The van der Waals surface area contributed by atoms with Crippen LogP contribution in [0, 0.1) is 5.82 Å². The molecule has 0 aliphatic carbocycles. The molecule has 1 saturated heterocycles. The lowest BCUT2D eigenvalue weighted by molar-refractivity contribution is 0.409. The standard InChI is InChI=1S/C11H13FN4/c1-15-5-4-8(6-15)11-14-13-10-3-2-9(12)7-16(10)11/h2-3,7-8H,4-6H2,1H3. The molecule has 0 amide bonds. The Morgan fingerprint density at radius 2 is 2.25 bits per heavy atom. The SMILES string of the molecule is CN1CCC(c2nnc3ccc(F)cn23)C1. The minimum atomic E-state index is -0.250. The van der Waals surface area contributed by atoms with Crippen LogP contribution in [-0.2, 0) is 0 Å². The number of pyridine rings is 1. The van der Waals surface area contributed by atoms with Crippen LogP contribution < -0.4 is 0 Å². The molecule has 0 bridgehead atoms. The van der Waals surface area contributed by atoms with Crippen molar-refractivity contribution in [2.75, 3.05) is 20.1 Å². The molecule has 0 N–H and O–H groups in total. The molecule has 1 atom stereocenters. The van der Waals surface area contributed by atoms with Gasteiger partial charge in [-0.2, -0.15) is 0 Å². The van der Waals surface area contributed by atoms with Crippen LogP contribution in [0.2, 0.25) is 0 Å². The Bertz CT molecular complexity index is 522. The van der Waals surface area contributed by atoms with Crippen molar-refractivity contribution in [2.45, 2.75) is 12.3 Å². The van der Waals surface area contributed by atoms with E-state index in [1.54, 1.807) is 10.5 Å². The van der Waals surface area contributed by atoms with Gasteiger partial charge >= 0.3 is 0 Å². The predicted molar refractivity (Wildman–Crippen MR) is 57.8 cm³/mol. The number of rotatable bonds is 1. The van der Waals surface area contributed by atoms with Crippen LogP contribution in [-0.4, -0.2) is 39.6 Å². The largest absolute Gasteiger partial charge is 0.306 e. The van der Waals surface area contributed by atoms with Crippen LogP contribution in [0.1, 0.15) is 18.2 Å². The second-order valence-electron chi connectivity index (χ2n) is 4.38. The molecule has 2 aromatic rings. The lowest BCUT2D eigenvalue weighted by atomic mass is 10.1. The summed E-state index contributed by atoms with van der Waals surface area (Å²) in [6.07, 6.45) is 2.52. The van der Waals surface area contributed by atoms with Crippen molar-refractivity contribution in [3.05, 3.63) is 30.0 Å². The lowest BCUT2D eigenvalue weighted by Crippen LogP contribution is -2.14.